The van der Waals surface area contributed by atoms with Crippen LogP contribution in [0.5, 0.6) is 5.75 Å². The average molecular weight is 229 g/mol. The standard InChI is InChI=1S/C12H17F2NO/c1-12(2,7-15-3)8-16-11-5-4-9(13)6-10(11)14/h4-6,15H,7-8H2,1-3H3. The second-order valence-electron chi connectivity index (χ2n) is 4.56. The smallest absolute Gasteiger partial charge is 0.167 e. The van der Waals surface area contributed by atoms with Crippen LogP contribution in [-0.4, -0.2) is 20.2 Å². The zero-order chi connectivity index (χ0) is 12.2. The summed E-state index contributed by atoms with van der Waals surface area (Å²) in [7, 11) is 1.85. The molecule has 90 valence electrons. The van der Waals surface area contributed by atoms with Crippen molar-refractivity contribution in [2.75, 3.05) is 20.2 Å². The van der Waals surface area contributed by atoms with Gasteiger partial charge in [0.05, 0.1) is 6.61 Å². The van der Waals surface area contributed by atoms with Crippen molar-refractivity contribution in [2.45, 2.75) is 13.8 Å². The van der Waals surface area contributed by atoms with Gasteiger partial charge in [-0.05, 0) is 19.2 Å². The molecule has 0 aromatic heterocycles. The third kappa shape index (κ3) is 3.77. The number of hydrogen-bond acceptors (Lipinski definition) is 2. The second kappa shape index (κ2) is 5.25. The predicted octanol–water partition coefficient (Wildman–Crippen LogP) is 2.59. The summed E-state index contributed by atoms with van der Waals surface area (Å²) in [4.78, 5) is 0. The molecule has 0 aliphatic carbocycles. The fourth-order valence-corrected chi connectivity index (χ4v) is 1.39. The summed E-state index contributed by atoms with van der Waals surface area (Å²) in [6.07, 6.45) is 0. The molecule has 2 nitrogen and oxygen atoms in total. The summed E-state index contributed by atoms with van der Waals surface area (Å²) in [5.41, 5.74) is -0.102. The van der Waals surface area contributed by atoms with Crippen molar-refractivity contribution < 1.29 is 13.5 Å². The Bertz CT molecular complexity index is 353. The average Bonchev–Trinajstić information content (AvgIpc) is 2.16. The molecule has 0 bridgehead atoms. The Labute approximate surface area is 94.6 Å². The molecule has 0 atom stereocenters. The van der Waals surface area contributed by atoms with Gasteiger partial charge < -0.3 is 10.1 Å². The highest BCUT2D eigenvalue weighted by Gasteiger charge is 2.18. The SMILES string of the molecule is CNCC(C)(C)COc1ccc(F)cc1F. The van der Waals surface area contributed by atoms with E-state index in [9.17, 15) is 8.78 Å². The van der Waals surface area contributed by atoms with Gasteiger partial charge in [-0.3, -0.25) is 0 Å². The van der Waals surface area contributed by atoms with Gasteiger partial charge in [-0.1, -0.05) is 13.8 Å². The minimum absolute atomic E-state index is 0.0885. The fourth-order valence-electron chi connectivity index (χ4n) is 1.39. The molecule has 16 heavy (non-hydrogen) atoms. The van der Waals surface area contributed by atoms with Gasteiger partial charge in [0.2, 0.25) is 0 Å². The Morgan fingerprint density at radius 1 is 1.31 bits per heavy atom. The van der Waals surface area contributed by atoms with Gasteiger partial charge in [-0.15, -0.1) is 0 Å². The summed E-state index contributed by atoms with van der Waals surface area (Å²) in [5, 5.41) is 3.03. The number of ether oxygens (including phenoxy) is 1. The summed E-state index contributed by atoms with van der Waals surface area (Å²) < 4.78 is 31.2. The molecule has 1 N–H and O–H groups in total. The van der Waals surface area contributed by atoms with E-state index in [2.05, 4.69) is 5.32 Å². The molecule has 0 amide bonds. The first-order valence-corrected chi connectivity index (χ1v) is 5.17. The van der Waals surface area contributed by atoms with Crippen molar-refractivity contribution in [3.8, 4) is 5.75 Å². The summed E-state index contributed by atoms with van der Waals surface area (Å²) in [6, 6.07) is 3.31. The first-order chi connectivity index (χ1) is 7.44. The van der Waals surface area contributed by atoms with Crippen LogP contribution in [0.25, 0.3) is 0 Å². The third-order valence-corrected chi connectivity index (χ3v) is 2.17. The molecule has 4 heteroatoms. The molecule has 1 aromatic rings. The van der Waals surface area contributed by atoms with Crippen molar-refractivity contribution in [3.63, 3.8) is 0 Å². The minimum Gasteiger partial charge on any atom is -0.490 e. The fraction of sp³-hybridized carbons (Fsp3) is 0.500. The molecule has 0 saturated carbocycles. The van der Waals surface area contributed by atoms with Gasteiger partial charge in [-0.2, -0.15) is 0 Å². The third-order valence-electron chi connectivity index (χ3n) is 2.17. The van der Waals surface area contributed by atoms with Gasteiger partial charge in [0.15, 0.2) is 11.6 Å². The number of nitrogens with one attached hydrogen (secondary N) is 1. The Morgan fingerprint density at radius 2 is 2.00 bits per heavy atom. The molecule has 1 rings (SSSR count). The molecule has 0 fully saturated rings. The molecular formula is C12H17F2NO. The second-order valence-corrected chi connectivity index (χ2v) is 4.56. The zero-order valence-corrected chi connectivity index (χ0v) is 9.81. The van der Waals surface area contributed by atoms with E-state index in [4.69, 9.17) is 4.74 Å². The molecule has 0 radical (unpaired) electrons. The van der Waals surface area contributed by atoms with Gasteiger partial charge in [0.25, 0.3) is 0 Å². The van der Waals surface area contributed by atoms with Crippen molar-refractivity contribution in [1.29, 1.82) is 0 Å². The van der Waals surface area contributed by atoms with Crippen LogP contribution in [0, 0.1) is 17.0 Å². The lowest BCUT2D eigenvalue weighted by molar-refractivity contribution is 0.173. The number of rotatable bonds is 5. The lowest BCUT2D eigenvalue weighted by Gasteiger charge is -2.24. The highest BCUT2D eigenvalue weighted by molar-refractivity contribution is 5.24. The number of benzene rings is 1. The Hall–Kier alpha value is -1.16. The Balaban J connectivity index is 2.61. The quantitative estimate of drug-likeness (QED) is 0.838. The first kappa shape index (κ1) is 12.9. The van der Waals surface area contributed by atoms with E-state index in [1.54, 1.807) is 0 Å². The van der Waals surface area contributed by atoms with Crippen LogP contribution in [-0.2, 0) is 0 Å². The van der Waals surface area contributed by atoms with Crippen LogP contribution in [0.1, 0.15) is 13.8 Å². The predicted molar refractivity (Wildman–Crippen MR) is 59.6 cm³/mol. The van der Waals surface area contributed by atoms with Crippen LogP contribution in [0.3, 0.4) is 0 Å². The lowest BCUT2D eigenvalue weighted by atomic mass is 9.95. The normalized spacial score (nSPS) is 11.6. The monoisotopic (exact) mass is 229 g/mol. The van der Waals surface area contributed by atoms with E-state index in [1.165, 1.54) is 12.1 Å². The molecule has 0 saturated heterocycles. The maximum atomic E-state index is 13.2. The van der Waals surface area contributed by atoms with Gasteiger partial charge >= 0.3 is 0 Å². The van der Waals surface area contributed by atoms with Crippen LogP contribution >= 0.6 is 0 Å². The highest BCUT2D eigenvalue weighted by Crippen LogP contribution is 2.21. The minimum atomic E-state index is -0.666. The van der Waals surface area contributed by atoms with E-state index in [0.717, 1.165) is 12.6 Å². The lowest BCUT2D eigenvalue weighted by Crippen LogP contribution is -2.32. The van der Waals surface area contributed by atoms with E-state index < -0.39 is 11.6 Å². The molecule has 0 unspecified atom stereocenters. The van der Waals surface area contributed by atoms with E-state index >= 15 is 0 Å². The van der Waals surface area contributed by atoms with Crippen LogP contribution in [0.15, 0.2) is 18.2 Å². The molecular weight excluding hydrogens is 212 g/mol. The molecule has 0 aliphatic heterocycles. The Morgan fingerprint density at radius 3 is 2.56 bits per heavy atom. The largest absolute Gasteiger partial charge is 0.490 e. The van der Waals surface area contributed by atoms with Crippen molar-refractivity contribution >= 4 is 0 Å². The van der Waals surface area contributed by atoms with Crippen LogP contribution in [0.4, 0.5) is 8.78 Å². The first-order valence-electron chi connectivity index (χ1n) is 5.17. The van der Waals surface area contributed by atoms with Gasteiger partial charge in [0.1, 0.15) is 5.82 Å². The van der Waals surface area contributed by atoms with E-state index in [0.29, 0.717) is 6.61 Å². The topological polar surface area (TPSA) is 21.3 Å². The maximum absolute atomic E-state index is 13.2. The van der Waals surface area contributed by atoms with Crippen LogP contribution in [0.2, 0.25) is 0 Å². The summed E-state index contributed by atoms with van der Waals surface area (Å²) >= 11 is 0. The summed E-state index contributed by atoms with van der Waals surface area (Å²) in [5.74, 6) is -1.18. The summed E-state index contributed by atoms with van der Waals surface area (Å²) in [6.45, 7) is 5.14. The molecule has 1 aromatic carbocycles. The van der Waals surface area contributed by atoms with E-state index in [-0.39, 0.29) is 11.2 Å². The van der Waals surface area contributed by atoms with Gasteiger partial charge in [0, 0.05) is 18.0 Å². The van der Waals surface area contributed by atoms with Crippen molar-refractivity contribution in [1.82, 2.24) is 5.32 Å². The number of hydrogen-bond donors (Lipinski definition) is 1. The molecule has 0 spiro atoms. The highest BCUT2D eigenvalue weighted by atomic mass is 19.1. The van der Waals surface area contributed by atoms with E-state index in [1.807, 2.05) is 20.9 Å². The zero-order valence-electron chi connectivity index (χ0n) is 9.81. The van der Waals surface area contributed by atoms with Crippen molar-refractivity contribution in [3.05, 3.63) is 29.8 Å². The van der Waals surface area contributed by atoms with Crippen molar-refractivity contribution in [2.24, 2.45) is 5.41 Å². The molecule has 0 heterocycles. The maximum Gasteiger partial charge on any atom is 0.167 e. The molecule has 0 aliphatic rings. The van der Waals surface area contributed by atoms with Gasteiger partial charge in [-0.25, -0.2) is 8.78 Å². The Kier molecular flexibility index (Phi) is 4.24. The van der Waals surface area contributed by atoms with Crippen LogP contribution < -0.4 is 10.1 Å². The number of halogens is 2.